The highest BCUT2D eigenvalue weighted by Crippen LogP contribution is 2.29. The lowest BCUT2D eigenvalue weighted by Gasteiger charge is -2.31. The molecule has 1 fully saturated rings. The number of nitrogens with one attached hydrogen (secondary N) is 2. The fourth-order valence-electron chi connectivity index (χ4n) is 3.31. The predicted octanol–water partition coefficient (Wildman–Crippen LogP) is 3.21. The summed E-state index contributed by atoms with van der Waals surface area (Å²) >= 11 is 11.8. The fraction of sp³-hybridized carbons (Fsp3) is 0.562. The monoisotopic (exact) mass is 368 g/mol. The molecule has 0 unspecified atom stereocenters. The highest BCUT2D eigenvalue weighted by molar-refractivity contribution is 6.73. The molecule has 130 valence electrons. The van der Waals surface area contributed by atoms with E-state index in [1.165, 1.54) is 5.69 Å². The third kappa shape index (κ3) is 4.30. The zero-order valence-electron chi connectivity index (χ0n) is 13.9. The molecule has 1 aromatic rings. The Kier molecular flexibility index (Phi) is 5.46. The molecule has 24 heavy (non-hydrogen) atoms. The Morgan fingerprint density at radius 3 is 2.58 bits per heavy atom. The molecule has 0 aromatic carbocycles. The molecule has 0 spiro atoms. The van der Waals surface area contributed by atoms with Gasteiger partial charge in [-0.2, -0.15) is 5.10 Å². The smallest absolute Gasteiger partial charge is 0.202 e. The van der Waals surface area contributed by atoms with Crippen LogP contribution in [0.3, 0.4) is 0 Å². The Labute approximate surface area is 152 Å². The van der Waals surface area contributed by atoms with E-state index in [2.05, 4.69) is 43.4 Å². The van der Waals surface area contributed by atoms with E-state index in [0.717, 1.165) is 37.1 Å². The Hall–Kier alpha value is -1.53. The molecular weight excluding hydrogens is 347 g/mol. The highest BCUT2D eigenvalue weighted by Gasteiger charge is 2.24. The van der Waals surface area contributed by atoms with Gasteiger partial charge in [0.2, 0.25) is 5.29 Å². The zero-order chi connectivity index (χ0) is 17.1. The summed E-state index contributed by atoms with van der Waals surface area (Å²) in [6.45, 7) is 4.64. The number of aliphatic imine (C=N–C) groups is 2. The van der Waals surface area contributed by atoms with Gasteiger partial charge in [0.1, 0.15) is 0 Å². The van der Waals surface area contributed by atoms with E-state index in [0.29, 0.717) is 18.6 Å². The molecular formula is C16H22Cl2N6. The maximum absolute atomic E-state index is 5.91. The number of aromatic nitrogens is 2. The number of rotatable bonds is 3. The molecule has 1 aliphatic heterocycles. The van der Waals surface area contributed by atoms with Gasteiger partial charge in [0.15, 0.2) is 5.29 Å². The minimum absolute atomic E-state index is 0.219. The Morgan fingerprint density at radius 1 is 1.17 bits per heavy atom. The van der Waals surface area contributed by atoms with Crippen LogP contribution in [-0.4, -0.2) is 33.0 Å². The standard InChI is InChI=1S/C16H22Cl2N6/c1-10-7-11(2)24(23-10)14-5-3-12(4-6-14)21-13-8-19-15(17)22-16(18)20-9-13/h7-8,12,14,21H,3-6,9H2,1-2H3,(H,19,20,22)/b13-8+. The number of amidine groups is 2. The van der Waals surface area contributed by atoms with Gasteiger partial charge in [0, 0.05) is 11.7 Å². The molecule has 0 atom stereocenters. The maximum Gasteiger partial charge on any atom is 0.202 e. The SMILES string of the molecule is Cc1cc(C)n(C2CCC(N/C3=C/N=C(Cl)NC(Cl)=NC3)CC2)n1. The van der Waals surface area contributed by atoms with Crippen molar-refractivity contribution in [3.05, 3.63) is 29.4 Å². The van der Waals surface area contributed by atoms with Gasteiger partial charge in [0.25, 0.3) is 0 Å². The second kappa shape index (κ2) is 7.57. The van der Waals surface area contributed by atoms with E-state index in [-0.39, 0.29) is 10.6 Å². The predicted molar refractivity (Wildman–Crippen MR) is 98.8 cm³/mol. The van der Waals surface area contributed by atoms with Crippen molar-refractivity contribution in [1.29, 1.82) is 0 Å². The molecule has 1 aliphatic carbocycles. The van der Waals surface area contributed by atoms with Crippen molar-refractivity contribution in [3.63, 3.8) is 0 Å². The van der Waals surface area contributed by atoms with Gasteiger partial charge >= 0.3 is 0 Å². The number of hydrogen-bond acceptors (Lipinski definition) is 5. The zero-order valence-corrected chi connectivity index (χ0v) is 15.4. The van der Waals surface area contributed by atoms with E-state index in [9.17, 15) is 0 Å². The van der Waals surface area contributed by atoms with Crippen LogP contribution in [0.2, 0.25) is 0 Å². The van der Waals surface area contributed by atoms with Crippen LogP contribution < -0.4 is 10.6 Å². The van der Waals surface area contributed by atoms with Crippen molar-refractivity contribution in [2.75, 3.05) is 6.54 Å². The summed E-state index contributed by atoms with van der Waals surface area (Å²) in [6, 6.07) is 3.05. The van der Waals surface area contributed by atoms with E-state index in [1.54, 1.807) is 6.20 Å². The van der Waals surface area contributed by atoms with Crippen molar-refractivity contribution in [2.24, 2.45) is 9.98 Å². The Balaban J connectivity index is 1.58. The lowest BCUT2D eigenvalue weighted by atomic mass is 9.91. The fourth-order valence-corrected chi connectivity index (χ4v) is 3.65. The molecule has 0 radical (unpaired) electrons. The highest BCUT2D eigenvalue weighted by atomic mass is 35.5. The minimum atomic E-state index is 0.219. The van der Waals surface area contributed by atoms with E-state index in [1.807, 2.05) is 6.92 Å². The number of aryl methyl sites for hydroxylation is 2. The summed E-state index contributed by atoms with van der Waals surface area (Å²) in [6.07, 6.45) is 6.13. The summed E-state index contributed by atoms with van der Waals surface area (Å²) in [4.78, 5) is 8.34. The third-order valence-corrected chi connectivity index (χ3v) is 4.81. The summed E-state index contributed by atoms with van der Waals surface area (Å²) in [7, 11) is 0. The van der Waals surface area contributed by atoms with Crippen molar-refractivity contribution >= 4 is 33.8 Å². The average Bonchev–Trinajstić information content (AvgIpc) is 2.88. The van der Waals surface area contributed by atoms with Crippen molar-refractivity contribution < 1.29 is 0 Å². The van der Waals surface area contributed by atoms with Crippen LogP contribution >= 0.6 is 23.2 Å². The first kappa shape index (κ1) is 17.3. The van der Waals surface area contributed by atoms with Gasteiger partial charge in [-0.25, -0.2) is 4.99 Å². The van der Waals surface area contributed by atoms with Crippen LogP contribution in [0.4, 0.5) is 0 Å². The molecule has 6 nitrogen and oxygen atoms in total. The van der Waals surface area contributed by atoms with Gasteiger partial charge in [-0.1, -0.05) is 0 Å². The number of halogens is 2. The molecule has 2 aliphatic rings. The van der Waals surface area contributed by atoms with E-state index >= 15 is 0 Å². The quantitative estimate of drug-likeness (QED) is 0.804. The van der Waals surface area contributed by atoms with Crippen LogP contribution in [0.1, 0.15) is 43.1 Å². The van der Waals surface area contributed by atoms with Crippen LogP contribution in [-0.2, 0) is 0 Å². The van der Waals surface area contributed by atoms with E-state index in [4.69, 9.17) is 23.2 Å². The van der Waals surface area contributed by atoms with Gasteiger partial charge in [-0.15, -0.1) is 0 Å². The number of nitrogens with zero attached hydrogens (tertiary/aromatic N) is 4. The third-order valence-electron chi connectivity index (χ3n) is 4.40. The minimum Gasteiger partial charge on any atom is -0.383 e. The van der Waals surface area contributed by atoms with Gasteiger partial charge < -0.3 is 10.6 Å². The van der Waals surface area contributed by atoms with Crippen molar-refractivity contribution in [3.8, 4) is 0 Å². The van der Waals surface area contributed by atoms with Crippen LogP contribution in [0, 0.1) is 13.8 Å². The summed E-state index contributed by atoms with van der Waals surface area (Å²) in [5.41, 5.74) is 3.26. The molecule has 0 amide bonds. The molecule has 1 saturated carbocycles. The first-order valence-electron chi connectivity index (χ1n) is 8.20. The second-order valence-corrected chi connectivity index (χ2v) is 7.04. The normalized spacial score (nSPS) is 27.1. The Bertz CT molecular complexity index is 683. The lowest BCUT2D eigenvalue weighted by Crippen LogP contribution is -2.35. The molecule has 3 rings (SSSR count). The van der Waals surface area contributed by atoms with Crippen molar-refractivity contribution in [2.45, 2.75) is 51.6 Å². The van der Waals surface area contributed by atoms with Crippen LogP contribution in [0.25, 0.3) is 0 Å². The second-order valence-electron chi connectivity index (χ2n) is 6.33. The van der Waals surface area contributed by atoms with Gasteiger partial charge in [-0.05, 0) is 68.8 Å². The summed E-state index contributed by atoms with van der Waals surface area (Å²) in [5, 5.41) is 11.3. The topological polar surface area (TPSA) is 66.6 Å². The van der Waals surface area contributed by atoms with Gasteiger partial charge in [-0.3, -0.25) is 9.67 Å². The molecule has 1 aromatic heterocycles. The van der Waals surface area contributed by atoms with E-state index < -0.39 is 0 Å². The summed E-state index contributed by atoms with van der Waals surface area (Å²) in [5.74, 6) is 0. The first-order chi connectivity index (χ1) is 11.5. The lowest BCUT2D eigenvalue weighted by molar-refractivity contribution is 0.281. The maximum atomic E-state index is 5.91. The average molecular weight is 369 g/mol. The van der Waals surface area contributed by atoms with Crippen LogP contribution in [0.15, 0.2) is 27.9 Å². The molecule has 0 bridgehead atoms. The summed E-state index contributed by atoms with van der Waals surface area (Å²) < 4.78 is 2.18. The van der Waals surface area contributed by atoms with Gasteiger partial charge in [0.05, 0.1) is 30.2 Å². The first-order valence-corrected chi connectivity index (χ1v) is 8.95. The molecule has 2 N–H and O–H groups in total. The van der Waals surface area contributed by atoms with Crippen molar-refractivity contribution in [1.82, 2.24) is 20.4 Å². The molecule has 8 heteroatoms. The molecule has 2 heterocycles. The number of hydrogen-bond donors (Lipinski definition) is 2. The molecule has 0 saturated heterocycles. The largest absolute Gasteiger partial charge is 0.383 e. The van der Waals surface area contributed by atoms with Crippen LogP contribution in [0.5, 0.6) is 0 Å². The Morgan fingerprint density at radius 2 is 1.92 bits per heavy atom.